The van der Waals surface area contributed by atoms with Crippen molar-refractivity contribution < 1.29 is 14.3 Å². The highest BCUT2D eigenvalue weighted by Gasteiger charge is 2.11. The number of methoxy groups -OCH3 is 1. The Morgan fingerprint density at radius 1 is 1.30 bits per heavy atom. The zero-order valence-corrected chi connectivity index (χ0v) is 12.8. The highest BCUT2D eigenvalue weighted by Crippen LogP contribution is 2.24. The quantitative estimate of drug-likeness (QED) is 0.633. The Balaban J connectivity index is 2.08. The van der Waals surface area contributed by atoms with E-state index in [1.54, 1.807) is 12.1 Å². The molecule has 0 fully saturated rings. The van der Waals surface area contributed by atoms with Crippen LogP contribution in [0.4, 0.5) is 0 Å². The van der Waals surface area contributed by atoms with Gasteiger partial charge in [0.05, 0.1) is 7.11 Å². The fraction of sp³-hybridized carbons (Fsp3) is 0.200. The van der Waals surface area contributed by atoms with Crippen LogP contribution in [0.1, 0.15) is 21.6 Å². The Hall–Kier alpha value is -1.88. The minimum absolute atomic E-state index is 0.238. The first-order chi connectivity index (χ1) is 9.60. The second-order valence-electron chi connectivity index (χ2n) is 4.25. The zero-order valence-electron chi connectivity index (χ0n) is 11.2. The maximum atomic E-state index is 11.3. The number of carbonyl (C=O) groups is 1. The van der Waals surface area contributed by atoms with Gasteiger partial charge >= 0.3 is 5.97 Å². The number of aromatic nitrogens is 1. The van der Waals surface area contributed by atoms with Gasteiger partial charge in [0.1, 0.15) is 16.9 Å². The normalized spacial score (nSPS) is 10.2. The fourth-order valence-corrected chi connectivity index (χ4v) is 2.15. The fourth-order valence-electron chi connectivity index (χ4n) is 1.71. The molecule has 0 unspecified atom stereocenters. The van der Waals surface area contributed by atoms with Crippen molar-refractivity contribution in [2.24, 2.45) is 0 Å². The summed E-state index contributed by atoms with van der Waals surface area (Å²) in [6, 6.07) is 11.3. The van der Waals surface area contributed by atoms with Crippen molar-refractivity contribution in [1.82, 2.24) is 4.98 Å². The molecule has 0 N–H and O–H groups in total. The van der Waals surface area contributed by atoms with Crippen LogP contribution in [0, 0.1) is 6.92 Å². The number of halogens is 1. The van der Waals surface area contributed by atoms with E-state index in [1.165, 1.54) is 12.7 Å². The van der Waals surface area contributed by atoms with Crippen LogP contribution in [-0.2, 0) is 11.3 Å². The molecule has 20 heavy (non-hydrogen) atoms. The number of carbonyl (C=O) groups excluding carboxylic acids is 1. The van der Waals surface area contributed by atoms with Gasteiger partial charge in [0.15, 0.2) is 5.75 Å². The van der Waals surface area contributed by atoms with E-state index in [0.29, 0.717) is 17.0 Å². The molecule has 5 heteroatoms. The average Bonchev–Trinajstić information content (AvgIpc) is 2.45. The first-order valence-corrected chi connectivity index (χ1v) is 6.82. The number of benzene rings is 1. The third-order valence-corrected chi connectivity index (χ3v) is 3.25. The molecule has 0 amide bonds. The van der Waals surface area contributed by atoms with Crippen molar-refractivity contribution in [3.05, 3.63) is 57.8 Å². The predicted molar refractivity (Wildman–Crippen MR) is 78.8 cm³/mol. The minimum atomic E-state index is -0.476. The van der Waals surface area contributed by atoms with Gasteiger partial charge in [0, 0.05) is 0 Å². The molecule has 1 aromatic carbocycles. The summed E-state index contributed by atoms with van der Waals surface area (Å²) in [4.78, 5) is 15.4. The lowest BCUT2D eigenvalue weighted by Gasteiger charge is -2.09. The van der Waals surface area contributed by atoms with Gasteiger partial charge in [-0.25, -0.2) is 9.78 Å². The largest absolute Gasteiger partial charge is 0.486 e. The van der Waals surface area contributed by atoms with E-state index in [0.717, 1.165) is 5.56 Å². The van der Waals surface area contributed by atoms with Crippen molar-refractivity contribution in [3.63, 3.8) is 0 Å². The second-order valence-corrected chi connectivity index (χ2v) is 5.01. The summed E-state index contributed by atoms with van der Waals surface area (Å²) in [6.07, 6.45) is 0. The van der Waals surface area contributed by atoms with Crippen LogP contribution < -0.4 is 4.74 Å². The number of esters is 1. The van der Waals surface area contributed by atoms with E-state index in [1.807, 2.05) is 25.1 Å². The Kier molecular flexibility index (Phi) is 4.74. The lowest BCUT2D eigenvalue weighted by molar-refractivity contribution is 0.0593. The number of ether oxygens (including phenoxy) is 2. The second kappa shape index (κ2) is 6.52. The molecule has 0 spiro atoms. The molecule has 2 rings (SSSR count). The van der Waals surface area contributed by atoms with E-state index in [-0.39, 0.29) is 5.69 Å². The van der Waals surface area contributed by atoms with Crippen molar-refractivity contribution in [2.45, 2.75) is 13.5 Å². The van der Waals surface area contributed by atoms with Gasteiger partial charge in [0.2, 0.25) is 0 Å². The highest BCUT2D eigenvalue weighted by atomic mass is 79.9. The monoisotopic (exact) mass is 335 g/mol. The molecule has 0 aliphatic carbocycles. The minimum Gasteiger partial charge on any atom is -0.486 e. The molecular weight excluding hydrogens is 322 g/mol. The van der Waals surface area contributed by atoms with E-state index < -0.39 is 5.97 Å². The van der Waals surface area contributed by atoms with Crippen LogP contribution in [0.5, 0.6) is 5.75 Å². The van der Waals surface area contributed by atoms with Crippen molar-refractivity contribution in [2.75, 3.05) is 7.11 Å². The van der Waals surface area contributed by atoms with Gasteiger partial charge in [-0.15, -0.1) is 0 Å². The van der Waals surface area contributed by atoms with Gasteiger partial charge in [-0.2, -0.15) is 0 Å². The lowest BCUT2D eigenvalue weighted by atomic mass is 10.1. The number of hydrogen-bond acceptors (Lipinski definition) is 4. The number of rotatable bonds is 4. The molecule has 1 aromatic heterocycles. The first kappa shape index (κ1) is 14.5. The summed E-state index contributed by atoms with van der Waals surface area (Å²) in [6.45, 7) is 2.48. The van der Waals surface area contributed by atoms with Gasteiger partial charge < -0.3 is 9.47 Å². The summed E-state index contributed by atoms with van der Waals surface area (Å²) in [5.74, 6) is 0.107. The average molecular weight is 336 g/mol. The highest BCUT2D eigenvalue weighted by molar-refractivity contribution is 9.10. The molecule has 0 bridgehead atoms. The topological polar surface area (TPSA) is 48.4 Å². The van der Waals surface area contributed by atoms with E-state index in [9.17, 15) is 4.79 Å². The summed E-state index contributed by atoms with van der Waals surface area (Å²) < 4.78 is 10.8. The summed E-state index contributed by atoms with van der Waals surface area (Å²) in [5.41, 5.74) is 2.50. The van der Waals surface area contributed by atoms with Crippen LogP contribution in [-0.4, -0.2) is 18.1 Å². The van der Waals surface area contributed by atoms with Crippen LogP contribution in [0.25, 0.3) is 0 Å². The molecule has 0 saturated carbocycles. The molecule has 104 valence electrons. The third-order valence-electron chi connectivity index (χ3n) is 2.69. The molecule has 2 aromatic rings. The maximum absolute atomic E-state index is 11.3. The van der Waals surface area contributed by atoms with E-state index in [4.69, 9.17) is 4.74 Å². The molecule has 0 saturated heterocycles. The Bertz CT molecular complexity index is 628. The predicted octanol–water partition coefficient (Wildman–Crippen LogP) is 3.52. The standard InChI is InChI=1S/C15H14BrNO3/c1-10-4-3-5-11(8-10)9-20-13-7-6-12(15(18)19-2)17-14(13)16/h3-8H,9H2,1-2H3. The van der Waals surface area contributed by atoms with Crippen LogP contribution in [0.3, 0.4) is 0 Å². The van der Waals surface area contributed by atoms with Gasteiger partial charge in [-0.1, -0.05) is 29.8 Å². The number of pyridine rings is 1. The van der Waals surface area contributed by atoms with Crippen LogP contribution in [0.2, 0.25) is 0 Å². The number of hydrogen-bond donors (Lipinski definition) is 0. The summed E-state index contributed by atoms with van der Waals surface area (Å²) in [7, 11) is 1.32. The molecule has 4 nitrogen and oxygen atoms in total. The lowest BCUT2D eigenvalue weighted by Crippen LogP contribution is -2.05. The molecule has 1 heterocycles. The van der Waals surface area contributed by atoms with Crippen LogP contribution >= 0.6 is 15.9 Å². The third kappa shape index (κ3) is 3.57. The first-order valence-electron chi connectivity index (χ1n) is 6.03. The number of nitrogens with zero attached hydrogens (tertiary/aromatic N) is 1. The number of aryl methyl sites for hydroxylation is 1. The van der Waals surface area contributed by atoms with Crippen molar-refractivity contribution in [3.8, 4) is 5.75 Å². The van der Waals surface area contributed by atoms with Crippen LogP contribution in [0.15, 0.2) is 41.0 Å². The van der Waals surface area contributed by atoms with E-state index in [2.05, 4.69) is 31.7 Å². The van der Waals surface area contributed by atoms with E-state index >= 15 is 0 Å². The van der Waals surface area contributed by atoms with Gasteiger partial charge in [-0.05, 0) is 40.5 Å². The maximum Gasteiger partial charge on any atom is 0.356 e. The van der Waals surface area contributed by atoms with Crippen molar-refractivity contribution >= 4 is 21.9 Å². The molecular formula is C15H14BrNO3. The Morgan fingerprint density at radius 3 is 2.75 bits per heavy atom. The smallest absolute Gasteiger partial charge is 0.356 e. The molecule has 0 aliphatic rings. The van der Waals surface area contributed by atoms with Gasteiger partial charge in [-0.3, -0.25) is 0 Å². The zero-order chi connectivity index (χ0) is 14.5. The Morgan fingerprint density at radius 2 is 2.10 bits per heavy atom. The molecule has 0 aliphatic heterocycles. The Labute approximate surface area is 125 Å². The summed E-state index contributed by atoms with van der Waals surface area (Å²) in [5, 5.41) is 0. The van der Waals surface area contributed by atoms with Crippen molar-refractivity contribution in [1.29, 1.82) is 0 Å². The summed E-state index contributed by atoms with van der Waals surface area (Å²) >= 11 is 3.29. The SMILES string of the molecule is COC(=O)c1ccc(OCc2cccc(C)c2)c(Br)n1. The molecule has 0 radical (unpaired) electrons. The molecule has 0 atom stereocenters. The van der Waals surface area contributed by atoms with Gasteiger partial charge in [0.25, 0.3) is 0 Å².